The topological polar surface area (TPSA) is 9.23 Å². The van der Waals surface area contributed by atoms with Crippen molar-refractivity contribution in [3.8, 4) is 22.6 Å². The fourth-order valence-electron chi connectivity index (χ4n) is 5.20. The summed E-state index contributed by atoms with van der Waals surface area (Å²) in [6.45, 7) is 3.66. The number of benzene rings is 3. The lowest BCUT2D eigenvalue weighted by Crippen LogP contribution is -2.16. The van der Waals surface area contributed by atoms with Crippen LogP contribution in [-0.4, -0.2) is 0 Å². The number of alkyl halides is 3. The van der Waals surface area contributed by atoms with Crippen molar-refractivity contribution < 1.29 is 31.1 Å². The van der Waals surface area contributed by atoms with Crippen molar-refractivity contribution in [3.05, 3.63) is 82.7 Å². The van der Waals surface area contributed by atoms with Gasteiger partial charge in [0, 0.05) is 11.1 Å². The first kappa shape index (κ1) is 26.1. The lowest BCUT2D eigenvalue weighted by atomic mass is 9.77. The maximum Gasteiger partial charge on any atom is 0.419 e. The van der Waals surface area contributed by atoms with Crippen LogP contribution in [0.3, 0.4) is 0 Å². The van der Waals surface area contributed by atoms with E-state index in [1.807, 2.05) is 0 Å². The van der Waals surface area contributed by atoms with E-state index in [-0.39, 0.29) is 39.7 Å². The fraction of sp³-hybridized carbons (Fsp3) is 0.379. The fourth-order valence-corrected chi connectivity index (χ4v) is 5.20. The molecule has 192 valence electrons. The number of rotatable bonds is 6. The van der Waals surface area contributed by atoms with E-state index in [2.05, 4.69) is 6.92 Å². The highest BCUT2D eigenvalue weighted by atomic mass is 19.4. The molecule has 3 aromatic carbocycles. The lowest BCUT2D eigenvalue weighted by molar-refractivity contribution is -0.139. The third kappa shape index (κ3) is 5.40. The second-order valence-corrected chi connectivity index (χ2v) is 9.53. The van der Waals surface area contributed by atoms with E-state index in [1.54, 1.807) is 18.2 Å². The van der Waals surface area contributed by atoms with Gasteiger partial charge < -0.3 is 4.74 Å². The highest BCUT2D eigenvalue weighted by Gasteiger charge is 2.34. The second-order valence-electron chi connectivity index (χ2n) is 9.53. The standard InChI is InChI=1S/C29H28F6O/c1-3-6-18-9-11-19(12-10-18)26-24(31)15-17(2)28(27(26)32)36-25-8-5-4-7-21(25)20-13-14-22(23(30)16-20)29(33,34)35/h4-5,7-8,13-16,18-19H,3,6,9-12H2,1-2H3. The predicted octanol–water partition coefficient (Wildman–Crippen LogP) is 9.96. The van der Waals surface area contributed by atoms with E-state index in [9.17, 15) is 22.0 Å². The molecule has 3 aromatic rings. The molecule has 1 nitrogen and oxygen atoms in total. The Kier molecular flexibility index (Phi) is 7.67. The van der Waals surface area contributed by atoms with Gasteiger partial charge in [0.25, 0.3) is 0 Å². The lowest BCUT2D eigenvalue weighted by Gasteiger charge is -2.29. The van der Waals surface area contributed by atoms with Crippen molar-refractivity contribution >= 4 is 0 Å². The highest BCUT2D eigenvalue weighted by Crippen LogP contribution is 2.44. The molecular weight excluding hydrogens is 478 g/mol. The molecule has 36 heavy (non-hydrogen) atoms. The average Bonchev–Trinajstić information content (AvgIpc) is 2.82. The Morgan fingerprint density at radius 3 is 2.22 bits per heavy atom. The van der Waals surface area contributed by atoms with Gasteiger partial charge in [0.1, 0.15) is 17.4 Å². The average molecular weight is 507 g/mol. The summed E-state index contributed by atoms with van der Waals surface area (Å²) in [4.78, 5) is 0. The van der Waals surface area contributed by atoms with E-state index in [1.165, 1.54) is 19.1 Å². The molecule has 0 saturated heterocycles. The van der Waals surface area contributed by atoms with Crippen molar-refractivity contribution in [2.24, 2.45) is 5.92 Å². The van der Waals surface area contributed by atoms with E-state index in [4.69, 9.17) is 4.74 Å². The largest absolute Gasteiger partial charge is 0.453 e. The number of para-hydroxylation sites is 1. The zero-order chi connectivity index (χ0) is 26.0. The number of halogens is 6. The first-order chi connectivity index (χ1) is 17.1. The molecule has 0 bridgehead atoms. The monoisotopic (exact) mass is 506 g/mol. The summed E-state index contributed by atoms with van der Waals surface area (Å²) in [6.07, 6.45) is 0.613. The molecule has 0 spiro atoms. The summed E-state index contributed by atoms with van der Waals surface area (Å²) in [5.74, 6) is -2.46. The molecule has 1 aliphatic carbocycles. The number of aryl methyl sites for hydroxylation is 1. The number of hydrogen-bond acceptors (Lipinski definition) is 1. The van der Waals surface area contributed by atoms with Crippen LogP contribution in [0.5, 0.6) is 11.5 Å². The van der Waals surface area contributed by atoms with E-state index < -0.39 is 29.2 Å². The molecule has 1 saturated carbocycles. The van der Waals surface area contributed by atoms with Crippen LogP contribution < -0.4 is 4.74 Å². The Labute approximate surface area is 207 Å². The maximum atomic E-state index is 15.7. The van der Waals surface area contributed by atoms with Gasteiger partial charge in [-0.25, -0.2) is 13.2 Å². The molecule has 0 atom stereocenters. The molecule has 1 aliphatic rings. The minimum absolute atomic E-state index is 0.0172. The van der Waals surface area contributed by atoms with Crippen molar-refractivity contribution in [3.63, 3.8) is 0 Å². The van der Waals surface area contributed by atoms with Crippen LogP contribution >= 0.6 is 0 Å². The van der Waals surface area contributed by atoms with Crippen LogP contribution in [0.1, 0.15) is 68.1 Å². The van der Waals surface area contributed by atoms with E-state index >= 15 is 4.39 Å². The molecule has 0 heterocycles. The van der Waals surface area contributed by atoms with Crippen LogP contribution in [0.4, 0.5) is 26.3 Å². The molecule has 4 rings (SSSR count). The molecule has 0 aliphatic heterocycles. The van der Waals surface area contributed by atoms with Crippen molar-refractivity contribution in [1.82, 2.24) is 0 Å². The minimum atomic E-state index is -4.82. The van der Waals surface area contributed by atoms with Gasteiger partial charge in [-0.2, -0.15) is 13.2 Å². The first-order valence-electron chi connectivity index (χ1n) is 12.2. The number of ether oxygens (including phenoxy) is 1. The second kappa shape index (κ2) is 10.6. The Morgan fingerprint density at radius 1 is 0.889 bits per heavy atom. The van der Waals surface area contributed by atoms with Crippen LogP contribution in [0, 0.1) is 30.3 Å². The summed E-state index contributed by atoms with van der Waals surface area (Å²) >= 11 is 0. The van der Waals surface area contributed by atoms with Crippen LogP contribution in [0.25, 0.3) is 11.1 Å². The van der Waals surface area contributed by atoms with Crippen molar-refractivity contribution in [2.45, 2.75) is 64.5 Å². The zero-order valence-electron chi connectivity index (χ0n) is 20.2. The first-order valence-corrected chi connectivity index (χ1v) is 12.2. The molecule has 7 heteroatoms. The summed E-state index contributed by atoms with van der Waals surface area (Å²) in [7, 11) is 0. The summed E-state index contributed by atoms with van der Waals surface area (Å²) in [5.41, 5.74) is -0.672. The Balaban J connectivity index is 1.67. The van der Waals surface area contributed by atoms with E-state index in [0.29, 0.717) is 24.8 Å². The molecule has 0 radical (unpaired) electrons. The smallest absolute Gasteiger partial charge is 0.419 e. The summed E-state index contributed by atoms with van der Waals surface area (Å²) < 4.78 is 89.8. The minimum Gasteiger partial charge on any atom is -0.453 e. The molecule has 0 aromatic heterocycles. The highest BCUT2D eigenvalue weighted by molar-refractivity contribution is 5.71. The molecular formula is C29H28F6O. The van der Waals surface area contributed by atoms with Crippen LogP contribution in [-0.2, 0) is 6.18 Å². The molecule has 1 fully saturated rings. The van der Waals surface area contributed by atoms with Crippen LogP contribution in [0.2, 0.25) is 0 Å². The third-order valence-corrected chi connectivity index (χ3v) is 7.03. The van der Waals surface area contributed by atoms with Gasteiger partial charge in [-0.05, 0) is 79.8 Å². The maximum absolute atomic E-state index is 15.7. The summed E-state index contributed by atoms with van der Waals surface area (Å²) in [5, 5.41) is 0. The van der Waals surface area contributed by atoms with Gasteiger partial charge in [-0.3, -0.25) is 0 Å². The molecule has 0 N–H and O–H groups in total. The van der Waals surface area contributed by atoms with Gasteiger partial charge in [-0.15, -0.1) is 0 Å². The quantitative estimate of drug-likeness (QED) is 0.302. The zero-order valence-corrected chi connectivity index (χ0v) is 20.2. The van der Waals surface area contributed by atoms with Crippen molar-refractivity contribution in [2.75, 3.05) is 0 Å². The normalized spacial score (nSPS) is 18.3. The number of hydrogen-bond donors (Lipinski definition) is 0. The summed E-state index contributed by atoms with van der Waals surface area (Å²) in [6, 6.07) is 10.1. The van der Waals surface area contributed by atoms with Crippen LogP contribution in [0.15, 0.2) is 48.5 Å². The Hall–Kier alpha value is -2.96. The van der Waals surface area contributed by atoms with Gasteiger partial charge in [0.15, 0.2) is 11.6 Å². The predicted molar refractivity (Wildman–Crippen MR) is 128 cm³/mol. The third-order valence-electron chi connectivity index (χ3n) is 7.03. The van der Waals surface area contributed by atoms with Gasteiger partial charge in [0.2, 0.25) is 0 Å². The molecule has 0 unspecified atom stereocenters. The van der Waals surface area contributed by atoms with Crippen molar-refractivity contribution in [1.29, 1.82) is 0 Å². The van der Waals surface area contributed by atoms with Gasteiger partial charge >= 0.3 is 6.18 Å². The Morgan fingerprint density at radius 2 is 1.58 bits per heavy atom. The van der Waals surface area contributed by atoms with E-state index in [0.717, 1.165) is 37.8 Å². The Bertz CT molecular complexity index is 1230. The van der Waals surface area contributed by atoms with Gasteiger partial charge in [-0.1, -0.05) is 44.0 Å². The van der Waals surface area contributed by atoms with Gasteiger partial charge in [0.05, 0.1) is 5.56 Å². The molecule has 0 amide bonds. The SMILES string of the molecule is CCCC1CCC(c2c(F)cc(C)c(Oc3ccccc3-c3ccc(C(F)(F)F)c(F)c3)c2F)CC1.